The molecule has 1 unspecified atom stereocenters. The van der Waals surface area contributed by atoms with E-state index >= 15 is 0 Å². The van der Waals surface area contributed by atoms with E-state index in [2.05, 4.69) is 11.6 Å². The summed E-state index contributed by atoms with van der Waals surface area (Å²) >= 11 is 1.65. The first-order chi connectivity index (χ1) is 13.7. The first-order valence-electron chi connectivity index (χ1n) is 9.50. The predicted molar refractivity (Wildman–Crippen MR) is 114 cm³/mol. The highest BCUT2D eigenvalue weighted by atomic mass is 32.2. The second kappa shape index (κ2) is 7.50. The number of benzene rings is 2. The Hall–Kier alpha value is -2.32. The molecule has 1 aliphatic heterocycles. The van der Waals surface area contributed by atoms with Gasteiger partial charge in [-0.3, -0.25) is 14.3 Å². The van der Waals surface area contributed by atoms with Crippen molar-refractivity contribution < 1.29 is 18.0 Å². The SMILES string of the molecule is CC(=O)c1ccc(NS(=O)(=O)c2ccc3c(c2)N(C(=O)C2CC2)CC(C)S3)cc1. The van der Waals surface area contributed by atoms with Crippen LogP contribution in [0.2, 0.25) is 0 Å². The molecule has 0 bridgehead atoms. The van der Waals surface area contributed by atoms with Crippen LogP contribution in [0, 0.1) is 5.92 Å². The van der Waals surface area contributed by atoms with Gasteiger partial charge in [0, 0.05) is 33.9 Å². The van der Waals surface area contributed by atoms with Crippen molar-refractivity contribution in [3.05, 3.63) is 48.0 Å². The third-order valence-corrected chi connectivity index (χ3v) is 7.57. The quantitative estimate of drug-likeness (QED) is 0.727. The van der Waals surface area contributed by atoms with Gasteiger partial charge in [-0.1, -0.05) is 6.92 Å². The molecule has 1 heterocycles. The van der Waals surface area contributed by atoms with Crippen molar-refractivity contribution >= 4 is 44.9 Å². The number of Topliss-reactive ketones (excluding diaryl/α,β-unsaturated/α-hetero) is 1. The van der Waals surface area contributed by atoms with Gasteiger partial charge >= 0.3 is 0 Å². The zero-order chi connectivity index (χ0) is 20.8. The highest BCUT2D eigenvalue weighted by Crippen LogP contribution is 2.42. The average Bonchev–Trinajstić information content (AvgIpc) is 3.51. The minimum atomic E-state index is -3.83. The molecule has 2 aromatic carbocycles. The third kappa shape index (κ3) is 4.18. The number of ketones is 1. The highest BCUT2D eigenvalue weighted by Gasteiger charge is 2.37. The Morgan fingerprint density at radius 1 is 1.10 bits per heavy atom. The molecule has 4 rings (SSSR count). The molecule has 152 valence electrons. The van der Waals surface area contributed by atoms with Crippen LogP contribution in [0.1, 0.15) is 37.0 Å². The molecule has 6 nitrogen and oxygen atoms in total. The number of hydrogen-bond donors (Lipinski definition) is 1. The van der Waals surface area contributed by atoms with Crippen LogP contribution in [0.25, 0.3) is 0 Å². The average molecular weight is 431 g/mol. The lowest BCUT2D eigenvalue weighted by molar-refractivity contribution is -0.119. The summed E-state index contributed by atoms with van der Waals surface area (Å²) in [6.45, 7) is 4.11. The Bertz CT molecular complexity index is 1080. The Balaban J connectivity index is 1.63. The van der Waals surface area contributed by atoms with Crippen LogP contribution in [0.4, 0.5) is 11.4 Å². The summed E-state index contributed by atoms with van der Waals surface area (Å²) in [5, 5.41) is 0.255. The van der Waals surface area contributed by atoms with E-state index < -0.39 is 10.0 Å². The van der Waals surface area contributed by atoms with Gasteiger partial charge in [0.25, 0.3) is 10.0 Å². The number of nitrogens with zero attached hydrogens (tertiary/aromatic N) is 1. The number of carbonyl (C=O) groups is 2. The number of hydrogen-bond acceptors (Lipinski definition) is 5. The van der Waals surface area contributed by atoms with Crippen molar-refractivity contribution in [1.82, 2.24) is 0 Å². The fourth-order valence-corrected chi connectivity index (χ4v) is 5.50. The lowest BCUT2D eigenvalue weighted by Gasteiger charge is -2.33. The zero-order valence-corrected chi connectivity index (χ0v) is 17.8. The first-order valence-corrected chi connectivity index (χ1v) is 11.9. The number of sulfonamides is 1. The molecule has 2 aromatic rings. The summed E-state index contributed by atoms with van der Waals surface area (Å²) in [4.78, 5) is 26.9. The molecule has 29 heavy (non-hydrogen) atoms. The molecule has 8 heteroatoms. The van der Waals surface area contributed by atoms with Crippen LogP contribution >= 0.6 is 11.8 Å². The second-order valence-electron chi connectivity index (χ2n) is 7.52. The van der Waals surface area contributed by atoms with Crippen LogP contribution in [0.3, 0.4) is 0 Å². The molecule has 1 saturated carbocycles. The van der Waals surface area contributed by atoms with Crippen molar-refractivity contribution in [3.63, 3.8) is 0 Å². The van der Waals surface area contributed by atoms with Gasteiger partial charge < -0.3 is 4.90 Å². The van der Waals surface area contributed by atoms with E-state index in [1.807, 2.05) is 0 Å². The maximum absolute atomic E-state index is 12.9. The first kappa shape index (κ1) is 20.0. The largest absolute Gasteiger partial charge is 0.310 e. The molecule has 1 atom stereocenters. The summed E-state index contributed by atoms with van der Waals surface area (Å²) < 4.78 is 28.4. The predicted octanol–water partition coefficient (Wildman–Crippen LogP) is 3.93. The maximum Gasteiger partial charge on any atom is 0.261 e. The topological polar surface area (TPSA) is 83.6 Å². The van der Waals surface area contributed by atoms with Gasteiger partial charge in [-0.25, -0.2) is 8.42 Å². The lowest BCUT2D eigenvalue weighted by Crippen LogP contribution is -2.39. The Morgan fingerprint density at radius 3 is 2.41 bits per heavy atom. The van der Waals surface area contributed by atoms with Gasteiger partial charge in [0.15, 0.2) is 5.78 Å². The number of thioether (sulfide) groups is 1. The van der Waals surface area contributed by atoms with Crippen molar-refractivity contribution in [1.29, 1.82) is 0 Å². The van der Waals surface area contributed by atoms with Crippen LogP contribution in [-0.4, -0.2) is 31.9 Å². The molecule has 0 radical (unpaired) electrons. The third-order valence-electron chi connectivity index (χ3n) is 5.04. The molecule has 0 spiro atoms. The summed E-state index contributed by atoms with van der Waals surface area (Å²) in [7, 11) is -3.83. The molecule has 1 amide bonds. The normalized spacial score (nSPS) is 18.8. The fourth-order valence-electron chi connectivity index (χ4n) is 3.33. The number of rotatable bonds is 5. The Morgan fingerprint density at radius 2 is 1.79 bits per heavy atom. The van der Waals surface area contributed by atoms with Crippen LogP contribution < -0.4 is 9.62 Å². The Labute approximate surface area is 174 Å². The van der Waals surface area contributed by atoms with Crippen LogP contribution in [0.15, 0.2) is 52.3 Å². The monoisotopic (exact) mass is 430 g/mol. The second-order valence-corrected chi connectivity index (χ2v) is 10.7. The summed E-state index contributed by atoms with van der Waals surface area (Å²) in [5.41, 5.74) is 1.56. The summed E-state index contributed by atoms with van der Waals surface area (Å²) in [5.74, 6) is 0.0679. The number of carbonyl (C=O) groups excluding carboxylic acids is 2. The Kier molecular flexibility index (Phi) is 5.16. The van der Waals surface area contributed by atoms with Gasteiger partial charge in [0.2, 0.25) is 5.91 Å². The zero-order valence-electron chi connectivity index (χ0n) is 16.2. The van der Waals surface area contributed by atoms with E-state index in [4.69, 9.17) is 0 Å². The molecule has 1 aliphatic carbocycles. The number of anilines is 2. The van der Waals surface area contributed by atoms with E-state index in [1.54, 1.807) is 59.1 Å². The smallest absolute Gasteiger partial charge is 0.261 e. The minimum absolute atomic E-state index is 0.0660. The number of amides is 1. The fraction of sp³-hybridized carbons (Fsp3) is 0.333. The van der Waals surface area contributed by atoms with Crippen molar-refractivity contribution in [2.45, 2.75) is 41.7 Å². The van der Waals surface area contributed by atoms with Crippen molar-refractivity contribution in [2.75, 3.05) is 16.2 Å². The molecule has 0 aromatic heterocycles. The summed E-state index contributed by atoms with van der Waals surface area (Å²) in [6, 6.07) is 11.2. The van der Waals surface area contributed by atoms with Crippen molar-refractivity contribution in [2.24, 2.45) is 5.92 Å². The molecular weight excluding hydrogens is 408 g/mol. The van der Waals surface area contributed by atoms with E-state index in [9.17, 15) is 18.0 Å². The van der Waals surface area contributed by atoms with Gasteiger partial charge in [0.05, 0.1) is 10.6 Å². The molecule has 1 fully saturated rings. The van der Waals surface area contributed by atoms with Gasteiger partial charge in [-0.2, -0.15) is 0 Å². The maximum atomic E-state index is 12.9. The van der Waals surface area contributed by atoms with Gasteiger partial charge in [-0.15, -0.1) is 11.8 Å². The molecular formula is C21H22N2O4S2. The highest BCUT2D eigenvalue weighted by molar-refractivity contribution is 8.00. The number of nitrogens with one attached hydrogen (secondary N) is 1. The van der Waals surface area contributed by atoms with Gasteiger partial charge in [-0.05, 0) is 62.2 Å². The van der Waals surface area contributed by atoms with E-state index in [1.165, 1.54) is 6.92 Å². The molecule has 1 N–H and O–H groups in total. The minimum Gasteiger partial charge on any atom is -0.310 e. The van der Waals surface area contributed by atoms with E-state index in [0.717, 1.165) is 17.7 Å². The molecule has 0 saturated heterocycles. The van der Waals surface area contributed by atoms with Crippen LogP contribution in [0.5, 0.6) is 0 Å². The van der Waals surface area contributed by atoms with Gasteiger partial charge in [0.1, 0.15) is 0 Å². The van der Waals surface area contributed by atoms with Crippen LogP contribution in [-0.2, 0) is 14.8 Å². The standard InChI is InChI=1S/C21H22N2O4S2/c1-13-12-23(21(25)16-3-4-16)19-11-18(9-10-20(19)28-13)29(26,27)22-17-7-5-15(6-8-17)14(2)24/h5-11,13,16,22H,3-4,12H2,1-2H3. The lowest BCUT2D eigenvalue weighted by atomic mass is 10.1. The van der Waals surface area contributed by atoms with Crippen molar-refractivity contribution in [3.8, 4) is 0 Å². The van der Waals surface area contributed by atoms with E-state index in [0.29, 0.717) is 23.5 Å². The number of fused-ring (bicyclic) bond motifs is 1. The summed E-state index contributed by atoms with van der Waals surface area (Å²) in [6.07, 6.45) is 1.81. The van der Waals surface area contributed by atoms with E-state index in [-0.39, 0.29) is 27.8 Å². The molecule has 2 aliphatic rings.